The van der Waals surface area contributed by atoms with Crippen molar-refractivity contribution in [2.24, 2.45) is 0 Å². The molecule has 0 saturated heterocycles. The molecule has 0 N–H and O–H groups in total. The molecule has 0 aliphatic carbocycles. The number of ether oxygens (including phenoxy) is 1. The minimum atomic E-state index is -3.62. The number of nitrogens with zero attached hydrogens (tertiary/aromatic N) is 3. The number of benzene rings is 1. The maximum absolute atomic E-state index is 13.0. The third-order valence-corrected chi connectivity index (χ3v) is 6.29. The highest BCUT2D eigenvalue weighted by Gasteiger charge is 2.36. The number of hydrogen-bond donors (Lipinski definition) is 0. The Morgan fingerprint density at radius 2 is 2.13 bits per heavy atom. The lowest BCUT2D eigenvalue weighted by Gasteiger charge is -2.37. The molecule has 126 valence electrons. The molecular weight excluding hydrogens is 314 g/mol. The van der Waals surface area contributed by atoms with Crippen molar-refractivity contribution in [3.05, 3.63) is 35.4 Å². The summed E-state index contributed by atoms with van der Waals surface area (Å²) in [5, 5.41) is 8.78. The lowest BCUT2D eigenvalue weighted by atomic mass is 9.96. The van der Waals surface area contributed by atoms with E-state index in [2.05, 4.69) is 0 Å². The lowest BCUT2D eigenvalue weighted by molar-refractivity contribution is 0.174. The van der Waals surface area contributed by atoms with Crippen LogP contribution in [0.3, 0.4) is 0 Å². The van der Waals surface area contributed by atoms with E-state index < -0.39 is 10.2 Å². The lowest BCUT2D eigenvalue weighted by Crippen LogP contribution is -2.48. The van der Waals surface area contributed by atoms with Gasteiger partial charge < -0.3 is 4.74 Å². The summed E-state index contributed by atoms with van der Waals surface area (Å²) in [7, 11) is -2.09. The Morgan fingerprint density at radius 1 is 1.39 bits per heavy atom. The van der Waals surface area contributed by atoms with Gasteiger partial charge in [-0.05, 0) is 24.5 Å². The standard InChI is InChI=1S/C16H23N3O3S/c1-14-16-7-4-3-6-15(16)8-11-19(14)23(20,21)18(10-5-9-17)12-13-22-2/h3-4,6-7,14H,5,8,10-13H2,1-2H3/t14-/m1/s1. The van der Waals surface area contributed by atoms with E-state index >= 15 is 0 Å². The van der Waals surface area contributed by atoms with Gasteiger partial charge in [0.25, 0.3) is 10.2 Å². The maximum Gasteiger partial charge on any atom is 0.282 e. The highest BCUT2D eigenvalue weighted by Crippen LogP contribution is 2.32. The average Bonchev–Trinajstić information content (AvgIpc) is 2.55. The highest BCUT2D eigenvalue weighted by atomic mass is 32.2. The van der Waals surface area contributed by atoms with Gasteiger partial charge in [-0.25, -0.2) is 0 Å². The summed E-state index contributed by atoms with van der Waals surface area (Å²) in [6.45, 7) is 3.12. The second-order valence-electron chi connectivity index (χ2n) is 5.54. The van der Waals surface area contributed by atoms with Crippen LogP contribution < -0.4 is 0 Å². The summed E-state index contributed by atoms with van der Waals surface area (Å²) in [4.78, 5) is 0. The summed E-state index contributed by atoms with van der Waals surface area (Å²) in [6.07, 6.45) is 0.873. The van der Waals surface area contributed by atoms with Gasteiger partial charge in [-0.15, -0.1) is 0 Å². The van der Waals surface area contributed by atoms with Crippen LogP contribution >= 0.6 is 0 Å². The number of hydrogen-bond acceptors (Lipinski definition) is 4. The molecule has 7 heteroatoms. The number of rotatable bonds is 7. The third kappa shape index (κ3) is 3.90. The van der Waals surface area contributed by atoms with Crippen LogP contribution in [0.15, 0.2) is 24.3 Å². The molecule has 1 aliphatic rings. The first-order valence-electron chi connectivity index (χ1n) is 7.73. The minimum Gasteiger partial charge on any atom is -0.383 e. The van der Waals surface area contributed by atoms with Gasteiger partial charge in [0.1, 0.15) is 0 Å². The molecule has 0 spiro atoms. The molecule has 23 heavy (non-hydrogen) atoms. The van der Waals surface area contributed by atoms with Gasteiger partial charge in [-0.3, -0.25) is 0 Å². The molecule has 0 amide bonds. The van der Waals surface area contributed by atoms with E-state index in [1.807, 2.05) is 37.3 Å². The van der Waals surface area contributed by atoms with Crippen LogP contribution in [-0.4, -0.2) is 50.4 Å². The fraction of sp³-hybridized carbons (Fsp3) is 0.562. The Morgan fingerprint density at radius 3 is 2.83 bits per heavy atom. The molecule has 0 saturated carbocycles. The third-order valence-electron chi connectivity index (χ3n) is 4.18. The summed E-state index contributed by atoms with van der Waals surface area (Å²) in [6, 6.07) is 9.75. The van der Waals surface area contributed by atoms with Crippen molar-refractivity contribution >= 4 is 10.2 Å². The predicted molar refractivity (Wildman–Crippen MR) is 87.9 cm³/mol. The van der Waals surface area contributed by atoms with Crippen molar-refractivity contribution in [2.45, 2.75) is 25.8 Å². The normalized spacial score (nSPS) is 18.6. The van der Waals surface area contributed by atoms with Crippen LogP contribution in [0.2, 0.25) is 0 Å². The first-order valence-corrected chi connectivity index (χ1v) is 9.12. The monoisotopic (exact) mass is 337 g/mol. The minimum absolute atomic E-state index is 0.168. The second-order valence-corrected chi connectivity index (χ2v) is 7.42. The molecule has 1 aromatic carbocycles. The molecule has 1 heterocycles. The molecule has 0 radical (unpaired) electrons. The van der Waals surface area contributed by atoms with E-state index in [-0.39, 0.29) is 25.6 Å². The first kappa shape index (κ1) is 17.9. The van der Waals surface area contributed by atoms with Gasteiger partial charge in [0, 0.05) is 39.2 Å². The largest absolute Gasteiger partial charge is 0.383 e. The second kappa shape index (κ2) is 7.88. The highest BCUT2D eigenvalue weighted by molar-refractivity contribution is 7.86. The smallest absolute Gasteiger partial charge is 0.282 e. The van der Waals surface area contributed by atoms with E-state index in [0.717, 1.165) is 5.56 Å². The van der Waals surface area contributed by atoms with Crippen LogP contribution in [0.5, 0.6) is 0 Å². The summed E-state index contributed by atoms with van der Waals surface area (Å²) in [5.74, 6) is 0. The van der Waals surface area contributed by atoms with Gasteiger partial charge in [-0.1, -0.05) is 24.3 Å². The molecule has 1 atom stereocenters. The molecule has 0 fully saturated rings. The van der Waals surface area contributed by atoms with Gasteiger partial charge in [0.15, 0.2) is 0 Å². The molecule has 1 aromatic rings. The van der Waals surface area contributed by atoms with E-state index in [0.29, 0.717) is 19.6 Å². The summed E-state index contributed by atoms with van der Waals surface area (Å²) in [5.41, 5.74) is 2.25. The molecular formula is C16H23N3O3S. The Bertz CT molecular complexity index is 669. The number of fused-ring (bicyclic) bond motifs is 1. The van der Waals surface area contributed by atoms with Crippen LogP contribution in [-0.2, 0) is 21.4 Å². The van der Waals surface area contributed by atoms with E-state index in [1.165, 1.54) is 21.3 Å². The van der Waals surface area contributed by atoms with Gasteiger partial charge in [0.05, 0.1) is 12.7 Å². The maximum atomic E-state index is 13.0. The molecule has 0 aromatic heterocycles. The zero-order valence-electron chi connectivity index (χ0n) is 13.6. The zero-order chi connectivity index (χ0) is 16.9. The van der Waals surface area contributed by atoms with Gasteiger partial charge >= 0.3 is 0 Å². The fourth-order valence-electron chi connectivity index (χ4n) is 2.92. The first-order chi connectivity index (χ1) is 11.0. The molecule has 6 nitrogen and oxygen atoms in total. The summed E-state index contributed by atoms with van der Waals surface area (Å²) >= 11 is 0. The predicted octanol–water partition coefficient (Wildman–Crippen LogP) is 1.71. The number of nitriles is 1. The van der Waals surface area contributed by atoms with Crippen LogP contribution in [0.25, 0.3) is 0 Å². The molecule has 2 rings (SSSR count). The van der Waals surface area contributed by atoms with Crippen LogP contribution in [0, 0.1) is 11.3 Å². The van der Waals surface area contributed by atoms with Crippen molar-refractivity contribution in [3.8, 4) is 6.07 Å². The Kier molecular flexibility index (Phi) is 6.13. The van der Waals surface area contributed by atoms with Crippen LogP contribution in [0.1, 0.15) is 30.5 Å². The van der Waals surface area contributed by atoms with Gasteiger partial charge in [-0.2, -0.15) is 22.3 Å². The van der Waals surface area contributed by atoms with Crippen molar-refractivity contribution in [3.63, 3.8) is 0 Å². The van der Waals surface area contributed by atoms with E-state index in [1.54, 1.807) is 0 Å². The molecule has 0 bridgehead atoms. The van der Waals surface area contributed by atoms with Crippen molar-refractivity contribution < 1.29 is 13.2 Å². The topological polar surface area (TPSA) is 73.6 Å². The van der Waals surface area contributed by atoms with Gasteiger partial charge in [0.2, 0.25) is 0 Å². The van der Waals surface area contributed by atoms with Crippen molar-refractivity contribution in [2.75, 3.05) is 33.4 Å². The van der Waals surface area contributed by atoms with Crippen LogP contribution in [0.4, 0.5) is 0 Å². The average molecular weight is 337 g/mol. The van der Waals surface area contributed by atoms with E-state index in [4.69, 9.17) is 10.00 Å². The Labute approximate surface area is 138 Å². The molecule has 1 aliphatic heterocycles. The Balaban J connectivity index is 2.25. The quantitative estimate of drug-likeness (QED) is 0.759. The SMILES string of the molecule is COCCN(CCC#N)S(=O)(=O)N1CCc2ccccc2[C@H]1C. The van der Waals surface area contributed by atoms with Crippen molar-refractivity contribution in [1.29, 1.82) is 5.26 Å². The summed E-state index contributed by atoms with van der Waals surface area (Å²) < 4.78 is 33.9. The van der Waals surface area contributed by atoms with Crippen molar-refractivity contribution in [1.82, 2.24) is 8.61 Å². The molecule has 0 unspecified atom stereocenters. The Hall–Kier alpha value is -1.46. The zero-order valence-corrected chi connectivity index (χ0v) is 14.4. The van der Waals surface area contributed by atoms with E-state index in [9.17, 15) is 8.42 Å². The fourth-order valence-corrected chi connectivity index (χ4v) is 4.68. The number of methoxy groups -OCH3 is 1.